The fourth-order valence-corrected chi connectivity index (χ4v) is 6.73. The molecule has 1 N–H and O–H groups in total. The van der Waals surface area contributed by atoms with Gasteiger partial charge >= 0.3 is 0 Å². The summed E-state index contributed by atoms with van der Waals surface area (Å²) in [4.78, 5) is 29.3. The van der Waals surface area contributed by atoms with E-state index in [0.29, 0.717) is 37.8 Å². The number of nitrogens with one attached hydrogen (secondary N) is 1. The van der Waals surface area contributed by atoms with E-state index < -0.39 is 6.04 Å². The minimum absolute atomic E-state index is 0.120. The van der Waals surface area contributed by atoms with Crippen LogP contribution in [-0.4, -0.2) is 34.6 Å². The summed E-state index contributed by atoms with van der Waals surface area (Å²) >= 11 is 26.8. The summed E-state index contributed by atoms with van der Waals surface area (Å²) in [6.45, 7) is 0.120. The van der Waals surface area contributed by atoms with Gasteiger partial charge in [0, 0.05) is 50.4 Å². The van der Waals surface area contributed by atoms with Gasteiger partial charge in [-0.1, -0.05) is 102 Å². The molecule has 0 saturated heterocycles. The Morgan fingerprint density at radius 3 is 2.26 bits per heavy atom. The van der Waals surface area contributed by atoms with Crippen molar-refractivity contribution in [3.63, 3.8) is 0 Å². The van der Waals surface area contributed by atoms with Crippen molar-refractivity contribution in [3.05, 3.63) is 104 Å². The number of carbonyl (C=O) groups is 2. The summed E-state index contributed by atoms with van der Waals surface area (Å²) in [5.41, 5.74) is 2.47. The van der Waals surface area contributed by atoms with Gasteiger partial charge in [-0.15, -0.1) is 11.8 Å². The first-order valence-corrected chi connectivity index (χ1v) is 15.6. The molecular weight excluding hydrogens is 594 g/mol. The first-order chi connectivity index (χ1) is 18.8. The summed E-state index contributed by atoms with van der Waals surface area (Å²) in [5, 5.41) is 5.23. The number of rotatable bonds is 11. The Bertz CT molecular complexity index is 1260. The fourth-order valence-electron chi connectivity index (χ4n) is 4.75. The lowest BCUT2D eigenvalue weighted by Crippen LogP contribution is -2.52. The van der Waals surface area contributed by atoms with Crippen LogP contribution in [0.1, 0.15) is 42.4 Å². The molecule has 206 valence electrons. The van der Waals surface area contributed by atoms with Crippen LogP contribution in [0.3, 0.4) is 0 Å². The molecule has 1 fully saturated rings. The normalized spacial score (nSPS) is 14.3. The van der Waals surface area contributed by atoms with Gasteiger partial charge in [-0.05, 0) is 48.2 Å². The molecule has 1 aliphatic rings. The van der Waals surface area contributed by atoms with Crippen LogP contribution >= 0.6 is 58.2 Å². The van der Waals surface area contributed by atoms with Gasteiger partial charge in [-0.2, -0.15) is 0 Å². The molecule has 1 aliphatic carbocycles. The minimum Gasteiger partial charge on any atom is -0.352 e. The molecule has 3 aromatic rings. The quantitative estimate of drug-likeness (QED) is 0.234. The van der Waals surface area contributed by atoms with E-state index in [9.17, 15) is 9.59 Å². The van der Waals surface area contributed by atoms with Crippen LogP contribution in [-0.2, 0) is 28.3 Å². The van der Waals surface area contributed by atoms with Gasteiger partial charge in [0.15, 0.2) is 0 Å². The van der Waals surface area contributed by atoms with Crippen LogP contribution in [0.15, 0.2) is 66.7 Å². The molecule has 0 heterocycles. The Labute approximate surface area is 254 Å². The van der Waals surface area contributed by atoms with Crippen LogP contribution in [0.2, 0.25) is 20.1 Å². The minimum atomic E-state index is -0.729. The summed E-state index contributed by atoms with van der Waals surface area (Å²) in [5.74, 6) is 0.347. The summed E-state index contributed by atoms with van der Waals surface area (Å²) < 4.78 is 0. The Morgan fingerprint density at radius 1 is 0.897 bits per heavy atom. The number of halogens is 4. The topological polar surface area (TPSA) is 49.4 Å². The van der Waals surface area contributed by atoms with Gasteiger partial charge in [-0.3, -0.25) is 9.59 Å². The zero-order valence-electron chi connectivity index (χ0n) is 21.3. The predicted octanol–water partition coefficient (Wildman–Crippen LogP) is 8.23. The lowest BCUT2D eigenvalue weighted by atomic mass is 10.0. The lowest BCUT2D eigenvalue weighted by Gasteiger charge is -2.33. The van der Waals surface area contributed by atoms with Gasteiger partial charge < -0.3 is 10.2 Å². The third-order valence-electron chi connectivity index (χ3n) is 6.86. The molecule has 2 amide bonds. The number of amides is 2. The molecule has 9 heteroatoms. The number of hydrogen-bond donors (Lipinski definition) is 1. The number of hydrogen-bond acceptors (Lipinski definition) is 3. The average molecular weight is 624 g/mol. The zero-order chi connectivity index (χ0) is 27.8. The van der Waals surface area contributed by atoms with Crippen LogP contribution in [0.25, 0.3) is 0 Å². The van der Waals surface area contributed by atoms with E-state index in [2.05, 4.69) is 5.32 Å². The number of thioether (sulfide) groups is 1. The molecule has 4 rings (SSSR count). The number of benzene rings is 3. The highest BCUT2D eigenvalue weighted by Gasteiger charge is 2.32. The SMILES string of the molecule is O=C(NC1CCCC1)C(Cc1ccccc1)N(Cc1c(Cl)cccc1Cl)C(=O)CSCc1ccc(Cl)cc1Cl. The molecule has 0 radical (unpaired) electrons. The van der Waals surface area contributed by atoms with Crippen molar-refractivity contribution < 1.29 is 9.59 Å². The first-order valence-electron chi connectivity index (χ1n) is 12.9. The largest absolute Gasteiger partial charge is 0.352 e. The second-order valence-corrected chi connectivity index (χ2v) is 12.3. The zero-order valence-corrected chi connectivity index (χ0v) is 25.2. The molecule has 0 aromatic heterocycles. The predicted molar refractivity (Wildman–Crippen MR) is 164 cm³/mol. The monoisotopic (exact) mass is 622 g/mol. The molecule has 39 heavy (non-hydrogen) atoms. The Kier molecular flexibility index (Phi) is 11.3. The van der Waals surface area contributed by atoms with Crippen LogP contribution in [0, 0.1) is 0 Å². The highest BCUT2D eigenvalue weighted by Crippen LogP contribution is 2.29. The first kappa shape index (κ1) is 30.1. The summed E-state index contributed by atoms with van der Waals surface area (Å²) in [6, 6.07) is 19.7. The molecule has 0 aliphatic heterocycles. The van der Waals surface area contributed by atoms with Crippen molar-refractivity contribution in [2.45, 2.75) is 56.5 Å². The van der Waals surface area contributed by atoms with Crippen molar-refractivity contribution in [2.75, 3.05) is 5.75 Å². The maximum atomic E-state index is 13.9. The van der Waals surface area contributed by atoms with Crippen LogP contribution in [0.5, 0.6) is 0 Å². The highest BCUT2D eigenvalue weighted by molar-refractivity contribution is 7.99. The van der Waals surface area contributed by atoms with E-state index in [1.54, 1.807) is 35.2 Å². The van der Waals surface area contributed by atoms with E-state index in [0.717, 1.165) is 36.8 Å². The molecule has 1 unspecified atom stereocenters. The Hall–Kier alpha value is -1.89. The second-order valence-electron chi connectivity index (χ2n) is 9.65. The molecule has 3 aromatic carbocycles. The van der Waals surface area contributed by atoms with E-state index >= 15 is 0 Å². The molecule has 0 spiro atoms. The summed E-state index contributed by atoms with van der Waals surface area (Å²) in [6.07, 6.45) is 4.46. The number of nitrogens with zero attached hydrogens (tertiary/aromatic N) is 1. The highest BCUT2D eigenvalue weighted by atomic mass is 35.5. The van der Waals surface area contributed by atoms with Crippen molar-refractivity contribution in [1.29, 1.82) is 0 Å². The van der Waals surface area contributed by atoms with Gasteiger partial charge in [0.2, 0.25) is 11.8 Å². The van der Waals surface area contributed by atoms with Gasteiger partial charge in [0.05, 0.1) is 5.75 Å². The van der Waals surface area contributed by atoms with Gasteiger partial charge in [0.1, 0.15) is 6.04 Å². The third-order valence-corrected chi connectivity index (χ3v) is 9.12. The van der Waals surface area contributed by atoms with E-state index in [1.165, 1.54) is 11.8 Å². The van der Waals surface area contributed by atoms with E-state index in [4.69, 9.17) is 46.4 Å². The molecule has 4 nitrogen and oxygen atoms in total. The molecule has 0 bridgehead atoms. The van der Waals surface area contributed by atoms with Gasteiger partial charge in [0.25, 0.3) is 0 Å². The van der Waals surface area contributed by atoms with E-state index in [1.807, 2.05) is 36.4 Å². The van der Waals surface area contributed by atoms with Gasteiger partial charge in [-0.25, -0.2) is 0 Å². The third kappa shape index (κ3) is 8.55. The van der Waals surface area contributed by atoms with Crippen molar-refractivity contribution in [2.24, 2.45) is 0 Å². The Balaban J connectivity index is 1.60. The lowest BCUT2D eigenvalue weighted by molar-refractivity contribution is -0.139. The summed E-state index contributed by atoms with van der Waals surface area (Å²) in [7, 11) is 0. The van der Waals surface area contributed by atoms with Crippen molar-refractivity contribution in [1.82, 2.24) is 10.2 Å². The Morgan fingerprint density at radius 2 is 1.59 bits per heavy atom. The number of carbonyl (C=O) groups excluding carboxylic acids is 2. The second kappa shape index (κ2) is 14.7. The average Bonchev–Trinajstić information content (AvgIpc) is 3.42. The van der Waals surface area contributed by atoms with Crippen molar-refractivity contribution >= 4 is 70.0 Å². The maximum absolute atomic E-state index is 13.9. The molecular formula is C30H30Cl4N2O2S. The maximum Gasteiger partial charge on any atom is 0.243 e. The van der Waals surface area contributed by atoms with Crippen LogP contribution < -0.4 is 5.32 Å². The standard InChI is InChI=1S/C30H30Cl4N2O2S/c31-22-14-13-21(27(34)16-22)18-39-19-29(37)36(17-24-25(32)11-6-12-26(24)33)28(15-20-7-2-1-3-8-20)30(38)35-23-9-4-5-10-23/h1-3,6-8,11-14,16,23,28H,4-5,9-10,15,17-19H2,(H,35,38). The van der Waals surface area contributed by atoms with Crippen molar-refractivity contribution in [3.8, 4) is 0 Å². The molecule has 1 atom stereocenters. The fraction of sp³-hybridized carbons (Fsp3) is 0.333. The van der Waals surface area contributed by atoms with Crippen LogP contribution in [0.4, 0.5) is 0 Å². The smallest absolute Gasteiger partial charge is 0.243 e. The molecule has 1 saturated carbocycles. The van der Waals surface area contributed by atoms with E-state index in [-0.39, 0.29) is 30.2 Å².